The standard InChI is InChI=1S/C10H18N2O2S2/c1-5-11-6-9-10(8(2)7-15-9)16(13,14)12(3)4/h7,11H,5-6H2,1-4H3. The number of hydrogen-bond acceptors (Lipinski definition) is 4. The third kappa shape index (κ3) is 2.63. The van der Waals surface area contributed by atoms with Gasteiger partial charge < -0.3 is 5.32 Å². The van der Waals surface area contributed by atoms with E-state index in [9.17, 15) is 8.42 Å². The molecule has 0 saturated heterocycles. The molecule has 0 unspecified atom stereocenters. The molecule has 1 aromatic heterocycles. The first-order valence-corrected chi connectivity index (χ1v) is 7.43. The molecule has 6 heteroatoms. The molecule has 1 rings (SSSR count). The maximum absolute atomic E-state index is 12.1. The molecule has 0 fully saturated rings. The van der Waals surface area contributed by atoms with Gasteiger partial charge in [0, 0.05) is 25.5 Å². The highest BCUT2D eigenvalue weighted by Crippen LogP contribution is 2.28. The summed E-state index contributed by atoms with van der Waals surface area (Å²) >= 11 is 1.49. The monoisotopic (exact) mass is 262 g/mol. The van der Waals surface area contributed by atoms with Gasteiger partial charge in [0.2, 0.25) is 10.0 Å². The Kier molecular flexibility index (Phi) is 4.49. The van der Waals surface area contributed by atoms with Crippen molar-refractivity contribution in [3.8, 4) is 0 Å². The van der Waals surface area contributed by atoms with E-state index in [4.69, 9.17) is 0 Å². The van der Waals surface area contributed by atoms with E-state index >= 15 is 0 Å². The van der Waals surface area contributed by atoms with Crippen LogP contribution in [0.2, 0.25) is 0 Å². The summed E-state index contributed by atoms with van der Waals surface area (Å²) in [7, 11) is -0.204. The molecule has 16 heavy (non-hydrogen) atoms. The van der Waals surface area contributed by atoms with E-state index in [0.717, 1.165) is 17.0 Å². The van der Waals surface area contributed by atoms with Gasteiger partial charge in [0.15, 0.2) is 0 Å². The lowest BCUT2D eigenvalue weighted by atomic mass is 10.3. The Balaban J connectivity index is 3.17. The van der Waals surface area contributed by atoms with Crippen molar-refractivity contribution in [2.24, 2.45) is 0 Å². The first-order chi connectivity index (χ1) is 7.41. The van der Waals surface area contributed by atoms with E-state index in [0.29, 0.717) is 11.4 Å². The molecule has 0 aliphatic heterocycles. The number of rotatable bonds is 5. The average Bonchev–Trinajstić information content (AvgIpc) is 2.56. The minimum absolute atomic E-state index is 0.462. The molecule has 0 bridgehead atoms. The summed E-state index contributed by atoms with van der Waals surface area (Å²) in [6.45, 7) is 5.28. The Morgan fingerprint density at radius 2 is 2.06 bits per heavy atom. The SMILES string of the molecule is CCNCc1scc(C)c1S(=O)(=O)N(C)C. The number of sulfonamides is 1. The molecule has 0 aliphatic rings. The van der Waals surface area contributed by atoms with Crippen molar-refractivity contribution in [1.29, 1.82) is 0 Å². The molecule has 1 heterocycles. The molecule has 0 aromatic carbocycles. The van der Waals surface area contributed by atoms with Crippen molar-refractivity contribution >= 4 is 21.4 Å². The van der Waals surface area contributed by atoms with Crippen molar-refractivity contribution in [1.82, 2.24) is 9.62 Å². The number of aryl methyl sites for hydroxylation is 1. The van der Waals surface area contributed by atoms with Gasteiger partial charge in [-0.1, -0.05) is 6.92 Å². The van der Waals surface area contributed by atoms with Gasteiger partial charge >= 0.3 is 0 Å². The van der Waals surface area contributed by atoms with Gasteiger partial charge in [-0.3, -0.25) is 0 Å². The topological polar surface area (TPSA) is 49.4 Å². The van der Waals surface area contributed by atoms with Gasteiger partial charge in [0.25, 0.3) is 0 Å². The minimum Gasteiger partial charge on any atom is -0.312 e. The fraction of sp³-hybridized carbons (Fsp3) is 0.600. The summed E-state index contributed by atoms with van der Waals surface area (Å²) in [6.07, 6.45) is 0. The van der Waals surface area contributed by atoms with Gasteiger partial charge in [-0.25, -0.2) is 12.7 Å². The molecule has 0 saturated carbocycles. The first-order valence-electron chi connectivity index (χ1n) is 5.11. The maximum Gasteiger partial charge on any atom is 0.243 e. The van der Waals surface area contributed by atoms with Crippen LogP contribution in [0.15, 0.2) is 10.3 Å². The molecule has 1 N–H and O–H groups in total. The first kappa shape index (κ1) is 13.6. The van der Waals surface area contributed by atoms with Crippen molar-refractivity contribution in [3.05, 3.63) is 15.8 Å². The summed E-state index contributed by atoms with van der Waals surface area (Å²) in [6, 6.07) is 0. The van der Waals surface area contributed by atoms with Crippen LogP contribution in [0.25, 0.3) is 0 Å². The second-order valence-corrected chi connectivity index (χ2v) is 6.79. The quantitative estimate of drug-likeness (QED) is 0.873. The summed E-state index contributed by atoms with van der Waals surface area (Å²) in [5.74, 6) is 0. The molecular weight excluding hydrogens is 244 g/mol. The van der Waals surface area contributed by atoms with Crippen molar-refractivity contribution < 1.29 is 8.42 Å². The highest BCUT2D eigenvalue weighted by molar-refractivity contribution is 7.89. The predicted octanol–water partition coefficient (Wildman–Crippen LogP) is 1.42. The van der Waals surface area contributed by atoms with Crippen molar-refractivity contribution in [2.45, 2.75) is 25.3 Å². The lowest BCUT2D eigenvalue weighted by Gasteiger charge is -2.13. The summed E-state index contributed by atoms with van der Waals surface area (Å²) in [5, 5.41) is 5.05. The lowest BCUT2D eigenvalue weighted by Crippen LogP contribution is -2.24. The van der Waals surface area contributed by atoms with E-state index in [1.165, 1.54) is 15.6 Å². The Morgan fingerprint density at radius 1 is 1.44 bits per heavy atom. The zero-order valence-electron chi connectivity index (χ0n) is 10.1. The third-order valence-corrected chi connectivity index (χ3v) is 5.54. The zero-order valence-corrected chi connectivity index (χ0v) is 11.7. The Labute approximate surface area is 101 Å². The van der Waals surface area contributed by atoms with E-state index in [2.05, 4.69) is 5.32 Å². The molecule has 1 aromatic rings. The van der Waals surface area contributed by atoms with E-state index < -0.39 is 10.0 Å². The normalized spacial score (nSPS) is 12.3. The summed E-state index contributed by atoms with van der Waals surface area (Å²) in [5.41, 5.74) is 0.826. The third-order valence-electron chi connectivity index (χ3n) is 2.26. The number of nitrogens with one attached hydrogen (secondary N) is 1. The number of hydrogen-bond donors (Lipinski definition) is 1. The predicted molar refractivity (Wildman–Crippen MR) is 67.3 cm³/mol. The molecule has 92 valence electrons. The molecule has 0 aliphatic carbocycles. The Hall–Kier alpha value is -0.430. The number of thiophene rings is 1. The van der Waals surface area contributed by atoms with Crippen molar-refractivity contribution in [2.75, 3.05) is 20.6 Å². The molecule has 0 spiro atoms. The fourth-order valence-electron chi connectivity index (χ4n) is 1.38. The second-order valence-electron chi connectivity index (χ2n) is 3.74. The van der Waals surface area contributed by atoms with Gasteiger partial charge in [0.1, 0.15) is 4.90 Å². The van der Waals surface area contributed by atoms with Crippen LogP contribution in [0.5, 0.6) is 0 Å². The summed E-state index contributed by atoms with van der Waals surface area (Å²) in [4.78, 5) is 1.34. The largest absolute Gasteiger partial charge is 0.312 e. The maximum atomic E-state index is 12.1. The number of nitrogens with zero attached hydrogens (tertiary/aromatic N) is 1. The van der Waals surface area contributed by atoms with Crippen LogP contribution < -0.4 is 5.32 Å². The minimum atomic E-state index is -3.32. The van der Waals surface area contributed by atoms with Crippen LogP contribution in [-0.2, 0) is 16.6 Å². The zero-order chi connectivity index (χ0) is 12.3. The van der Waals surface area contributed by atoms with Gasteiger partial charge in [-0.2, -0.15) is 0 Å². The fourth-order valence-corrected chi connectivity index (χ4v) is 3.99. The van der Waals surface area contributed by atoms with Crippen LogP contribution in [0.4, 0.5) is 0 Å². The Bertz CT molecular complexity index is 449. The lowest BCUT2D eigenvalue weighted by molar-refractivity contribution is 0.519. The molecule has 0 amide bonds. The van der Waals surface area contributed by atoms with Crippen LogP contribution in [-0.4, -0.2) is 33.4 Å². The van der Waals surface area contributed by atoms with E-state index in [1.54, 1.807) is 14.1 Å². The van der Waals surface area contributed by atoms with Gasteiger partial charge in [-0.15, -0.1) is 11.3 Å². The molecule has 4 nitrogen and oxygen atoms in total. The van der Waals surface area contributed by atoms with Crippen LogP contribution in [0.3, 0.4) is 0 Å². The average molecular weight is 262 g/mol. The van der Waals surface area contributed by atoms with Crippen LogP contribution >= 0.6 is 11.3 Å². The molecule has 0 radical (unpaired) electrons. The Morgan fingerprint density at radius 3 is 2.56 bits per heavy atom. The highest BCUT2D eigenvalue weighted by Gasteiger charge is 2.24. The summed E-state index contributed by atoms with van der Waals surface area (Å²) < 4.78 is 25.5. The molecular formula is C10H18N2O2S2. The van der Waals surface area contributed by atoms with Crippen molar-refractivity contribution in [3.63, 3.8) is 0 Å². The van der Waals surface area contributed by atoms with E-state index in [1.807, 2.05) is 19.2 Å². The van der Waals surface area contributed by atoms with Crippen LogP contribution in [0, 0.1) is 6.92 Å². The highest BCUT2D eigenvalue weighted by atomic mass is 32.2. The van der Waals surface area contributed by atoms with Crippen LogP contribution in [0.1, 0.15) is 17.4 Å². The second kappa shape index (κ2) is 5.27. The smallest absolute Gasteiger partial charge is 0.243 e. The van der Waals surface area contributed by atoms with Gasteiger partial charge in [0.05, 0.1) is 0 Å². The van der Waals surface area contributed by atoms with E-state index in [-0.39, 0.29) is 0 Å². The van der Waals surface area contributed by atoms with Gasteiger partial charge in [-0.05, 0) is 24.4 Å². The molecule has 0 atom stereocenters.